The molecular weight excluding hydrogens is 503 g/mol. The van der Waals surface area contributed by atoms with Gasteiger partial charge in [0.25, 0.3) is 0 Å². The lowest BCUT2D eigenvalue weighted by atomic mass is 9.86. The number of thioether (sulfide) groups is 1. The highest BCUT2D eigenvalue weighted by atomic mass is 32.2. The quantitative estimate of drug-likeness (QED) is 0.290. The van der Waals surface area contributed by atoms with Gasteiger partial charge in [-0.3, -0.25) is 10.1 Å². The minimum Gasteiger partial charge on any atom is -0.481 e. The fraction of sp³-hybridized carbons (Fsp3) is 0.522. The Morgan fingerprint density at radius 1 is 1.23 bits per heavy atom. The van der Waals surface area contributed by atoms with Gasteiger partial charge in [0.1, 0.15) is 0 Å². The average molecular weight is 532 g/mol. The van der Waals surface area contributed by atoms with Gasteiger partial charge in [-0.2, -0.15) is 13.2 Å². The number of carboxylic acid groups (broad SMARTS) is 1. The van der Waals surface area contributed by atoms with E-state index in [0.717, 1.165) is 49.6 Å². The molecule has 3 rings (SSSR count). The van der Waals surface area contributed by atoms with E-state index in [2.05, 4.69) is 17.2 Å². The maximum atomic E-state index is 13.1. The van der Waals surface area contributed by atoms with Gasteiger partial charge in [-0.15, -0.1) is 11.8 Å². The molecule has 0 spiro atoms. The molecule has 0 unspecified atom stereocenters. The molecule has 7 nitrogen and oxygen atoms in total. The summed E-state index contributed by atoms with van der Waals surface area (Å²) in [5.41, 5.74) is -0.0861. The van der Waals surface area contributed by atoms with Crippen LogP contribution in [0.2, 0.25) is 0 Å². The van der Waals surface area contributed by atoms with E-state index in [4.69, 9.17) is 9.84 Å². The molecule has 0 saturated heterocycles. The van der Waals surface area contributed by atoms with Crippen molar-refractivity contribution in [3.63, 3.8) is 0 Å². The third-order valence-electron chi connectivity index (χ3n) is 5.75. The van der Waals surface area contributed by atoms with Gasteiger partial charge in [0.15, 0.2) is 5.13 Å². The van der Waals surface area contributed by atoms with Crippen LogP contribution in [-0.4, -0.2) is 51.9 Å². The first-order valence-electron chi connectivity index (χ1n) is 11.2. The summed E-state index contributed by atoms with van der Waals surface area (Å²) in [6.07, 6.45) is 0.962. The van der Waals surface area contributed by atoms with E-state index in [0.29, 0.717) is 27.4 Å². The highest BCUT2D eigenvalue weighted by molar-refractivity contribution is 8.01. The van der Waals surface area contributed by atoms with E-state index in [-0.39, 0.29) is 31.0 Å². The minimum absolute atomic E-state index is 0.0571. The number of aliphatic carboxylic acids is 1. The number of nitrogens with zero attached hydrogens (tertiary/aromatic N) is 2. The number of rotatable bonds is 10. The van der Waals surface area contributed by atoms with Crippen LogP contribution in [-0.2, 0) is 22.3 Å². The van der Waals surface area contributed by atoms with Crippen molar-refractivity contribution in [3.8, 4) is 0 Å². The fourth-order valence-electron chi connectivity index (χ4n) is 3.83. The zero-order valence-electron chi connectivity index (χ0n) is 19.2. The molecule has 0 aliphatic heterocycles. The lowest BCUT2D eigenvalue weighted by Crippen LogP contribution is -2.46. The number of alkyl halides is 3. The summed E-state index contributed by atoms with van der Waals surface area (Å²) < 4.78 is 44.5. The predicted molar refractivity (Wildman–Crippen MR) is 129 cm³/mol. The molecule has 0 radical (unpaired) electrons. The van der Waals surface area contributed by atoms with Gasteiger partial charge in [0.2, 0.25) is 0 Å². The standard InChI is InChI=1S/C23H28F3N3O4S2/c1-15-2-8-18(9-3-15)29(22(32)28-21-27-12-20(35-21)34-14-19(30)31)10-11-33-13-16-4-6-17(7-5-16)23(24,25)26/h4-7,12,15,18H,2-3,8-11,13-14H2,1H3,(H,30,31)(H,27,28,32). The van der Waals surface area contributed by atoms with Crippen LogP contribution in [0, 0.1) is 5.92 Å². The highest BCUT2D eigenvalue weighted by Crippen LogP contribution is 2.31. The summed E-state index contributed by atoms with van der Waals surface area (Å²) in [6, 6.07) is 4.59. The molecule has 2 amide bonds. The molecule has 2 aromatic rings. The van der Waals surface area contributed by atoms with Crippen LogP contribution in [0.4, 0.5) is 23.1 Å². The summed E-state index contributed by atoms with van der Waals surface area (Å²) in [7, 11) is 0. The van der Waals surface area contributed by atoms with Crippen molar-refractivity contribution in [2.24, 2.45) is 5.92 Å². The van der Waals surface area contributed by atoms with Crippen molar-refractivity contribution >= 4 is 40.2 Å². The molecule has 0 atom stereocenters. The Bertz CT molecular complexity index is 977. The van der Waals surface area contributed by atoms with E-state index < -0.39 is 17.7 Å². The Morgan fingerprint density at radius 3 is 2.54 bits per heavy atom. The number of hydrogen-bond acceptors (Lipinski definition) is 6. The molecule has 192 valence electrons. The topological polar surface area (TPSA) is 91.8 Å². The van der Waals surface area contributed by atoms with Gasteiger partial charge in [-0.25, -0.2) is 9.78 Å². The molecule has 1 heterocycles. The maximum Gasteiger partial charge on any atom is 0.416 e. The van der Waals surface area contributed by atoms with Gasteiger partial charge < -0.3 is 14.7 Å². The molecule has 1 fully saturated rings. The maximum absolute atomic E-state index is 13.1. The average Bonchev–Trinajstić information content (AvgIpc) is 3.25. The lowest BCUT2D eigenvalue weighted by Gasteiger charge is -2.36. The third-order valence-corrected chi connectivity index (χ3v) is 7.84. The molecule has 1 aromatic carbocycles. The van der Waals surface area contributed by atoms with E-state index in [9.17, 15) is 22.8 Å². The van der Waals surface area contributed by atoms with Gasteiger partial charge in [-0.1, -0.05) is 30.4 Å². The zero-order valence-corrected chi connectivity index (χ0v) is 20.8. The number of halogens is 3. The van der Waals surface area contributed by atoms with Gasteiger partial charge >= 0.3 is 18.2 Å². The van der Waals surface area contributed by atoms with Crippen LogP contribution < -0.4 is 5.32 Å². The molecule has 35 heavy (non-hydrogen) atoms. The number of carboxylic acids is 1. The normalized spacial score (nSPS) is 18.3. The van der Waals surface area contributed by atoms with E-state index in [1.165, 1.54) is 29.7 Å². The van der Waals surface area contributed by atoms with E-state index in [1.807, 2.05) is 0 Å². The second-order valence-corrected chi connectivity index (χ2v) is 10.8. The second kappa shape index (κ2) is 12.6. The largest absolute Gasteiger partial charge is 0.481 e. The number of benzene rings is 1. The Labute approximate surface area is 210 Å². The third kappa shape index (κ3) is 8.69. The summed E-state index contributed by atoms with van der Waals surface area (Å²) in [5.74, 6) is -0.402. The van der Waals surface area contributed by atoms with Crippen molar-refractivity contribution in [2.45, 2.75) is 55.6 Å². The molecule has 1 aromatic heterocycles. The van der Waals surface area contributed by atoms with Crippen molar-refractivity contribution in [1.82, 2.24) is 9.88 Å². The van der Waals surface area contributed by atoms with Gasteiger partial charge in [-0.05, 0) is 49.3 Å². The van der Waals surface area contributed by atoms with Crippen LogP contribution in [0.5, 0.6) is 0 Å². The minimum atomic E-state index is -4.38. The fourth-order valence-corrected chi connectivity index (χ4v) is 5.41. The first kappa shape index (κ1) is 27.3. The SMILES string of the molecule is CC1CCC(N(CCOCc2ccc(C(F)(F)F)cc2)C(=O)Nc2ncc(SCC(=O)O)s2)CC1. The number of carbonyl (C=O) groups is 2. The molecular formula is C23H28F3N3O4S2. The number of aromatic nitrogens is 1. The van der Waals surface area contributed by atoms with Crippen molar-refractivity contribution in [2.75, 3.05) is 24.2 Å². The number of carbonyl (C=O) groups excluding carboxylic acids is 1. The smallest absolute Gasteiger partial charge is 0.416 e. The molecule has 0 bridgehead atoms. The van der Waals surface area contributed by atoms with Crippen LogP contribution in [0.3, 0.4) is 0 Å². The molecule has 12 heteroatoms. The van der Waals surface area contributed by atoms with Crippen LogP contribution in [0.1, 0.15) is 43.7 Å². The van der Waals surface area contributed by atoms with Crippen LogP contribution in [0.15, 0.2) is 34.7 Å². The first-order chi connectivity index (χ1) is 16.6. The van der Waals surface area contributed by atoms with Crippen molar-refractivity contribution in [1.29, 1.82) is 0 Å². The highest BCUT2D eigenvalue weighted by Gasteiger charge is 2.30. The lowest BCUT2D eigenvalue weighted by molar-refractivity contribution is -0.137. The zero-order chi connectivity index (χ0) is 25.4. The Morgan fingerprint density at radius 2 is 1.91 bits per heavy atom. The summed E-state index contributed by atoms with van der Waals surface area (Å²) in [4.78, 5) is 29.7. The summed E-state index contributed by atoms with van der Waals surface area (Å²) in [6.45, 7) is 2.90. The molecule has 1 aliphatic rings. The van der Waals surface area contributed by atoms with E-state index >= 15 is 0 Å². The van der Waals surface area contributed by atoms with Crippen molar-refractivity contribution < 1.29 is 32.6 Å². The van der Waals surface area contributed by atoms with Gasteiger partial charge in [0.05, 0.1) is 34.9 Å². The molecule has 2 N–H and O–H groups in total. The molecule has 1 saturated carbocycles. The predicted octanol–water partition coefficient (Wildman–Crippen LogP) is 5.97. The number of anilines is 1. The Balaban J connectivity index is 1.55. The first-order valence-corrected chi connectivity index (χ1v) is 13.0. The van der Waals surface area contributed by atoms with Crippen LogP contribution >= 0.6 is 23.1 Å². The second-order valence-electron chi connectivity index (χ2n) is 8.45. The molecule has 1 aliphatic carbocycles. The number of amides is 2. The summed E-state index contributed by atoms with van der Waals surface area (Å²) >= 11 is 2.35. The van der Waals surface area contributed by atoms with E-state index in [1.54, 1.807) is 4.90 Å². The van der Waals surface area contributed by atoms with Gasteiger partial charge in [0, 0.05) is 12.6 Å². The number of nitrogens with one attached hydrogen (secondary N) is 1. The number of ether oxygens (including phenoxy) is 1. The summed E-state index contributed by atoms with van der Waals surface area (Å²) in [5, 5.41) is 12.0. The number of urea groups is 1. The van der Waals surface area contributed by atoms with Crippen molar-refractivity contribution in [3.05, 3.63) is 41.6 Å². The number of thiazole rings is 1. The van der Waals surface area contributed by atoms with Crippen LogP contribution in [0.25, 0.3) is 0 Å². The Kier molecular flexibility index (Phi) is 9.81. The monoisotopic (exact) mass is 531 g/mol. The Hall–Kier alpha value is -2.31. The number of hydrogen-bond donors (Lipinski definition) is 2.